The normalized spacial score (nSPS) is 29.4. The van der Waals surface area contributed by atoms with Crippen LogP contribution in [0.15, 0.2) is 18.2 Å². The molecule has 1 saturated carbocycles. The van der Waals surface area contributed by atoms with Gasteiger partial charge in [-0.2, -0.15) is 0 Å². The lowest BCUT2D eigenvalue weighted by Gasteiger charge is -2.36. The Labute approximate surface area is 151 Å². The van der Waals surface area contributed by atoms with Crippen molar-refractivity contribution < 1.29 is 29.3 Å². The Hall–Kier alpha value is -2.12. The third-order valence-electron chi connectivity index (χ3n) is 5.36. The number of aliphatic hydroxyl groups excluding tert-OH is 1. The largest absolute Gasteiger partial charge is 0.487 e. The number of ether oxygens (including phenoxy) is 2. The summed E-state index contributed by atoms with van der Waals surface area (Å²) in [5.74, 6) is 0.269. The molecule has 4 rings (SSSR count). The zero-order chi connectivity index (χ0) is 18.3. The van der Waals surface area contributed by atoms with Crippen molar-refractivity contribution in [3.05, 3.63) is 23.8 Å². The van der Waals surface area contributed by atoms with Gasteiger partial charge in [0, 0.05) is 23.6 Å². The number of hydrogen-bond donors (Lipinski definition) is 3. The van der Waals surface area contributed by atoms with E-state index in [0.29, 0.717) is 24.5 Å². The fourth-order valence-electron chi connectivity index (χ4n) is 3.96. The van der Waals surface area contributed by atoms with E-state index in [1.54, 1.807) is 0 Å². The SMILES string of the molecule is O=C(O)C[C@@H]1C[C@@H]2c3cc(NC(=O)CC4CC4)ccc3O[C@@H]2[C@@H](CO)O1. The van der Waals surface area contributed by atoms with Crippen molar-refractivity contribution in [3.8, 4) is 5.75 Å². The van der Waals surface area contributed by atoms with E-state index >= 15 is 0 Å². The summed E-state index contributed by atoms with van der Waals surface area (Å²) in [5, 5.41) is 21.6. The van der Waals surface area contributed by atoms with Gasteiger partial charge < -0.3 is 25.0 Å². The highest BCUT2D eigenvalue weighted by molar-refractivity contribution is 5.91. The molecule has 3 aliphatic rings. The Morgan fingerprint density at radius 2 is 2.04 bits per heavy atom. The zero-order valence-electron chi connectivity index (χ0n) is 14.4. The van der Waals surface area contributed by atoms with Crippen molar-refractivity contribution >= 4 is 17.6 Å². The standard InChI is InChI=1S/C19H23NO6/c21-9-16-19-14(7-12(25-16)8-18(23)24)13-6-11(3-4-15(13)26-19)20-17(22)5-10-1-2-10/h3-4,6,10,12,14,16,19,21H,1-2,5,7-9H2,(H,20,22)(H,23,24)/t12-,14+,16+,19-/m0/s1. The summed E-state index contributed by atoms with van der Waals surface area (Å²) < 4.78 is 11.7. The van der Waals surface area contributed by atoms with Gasteiger partial charge in [-0.1, -0.05) is 0 Å². The quantitative estimate of drug-likeness (QED) is 0.715. The highest BCUT2D eigenvalue weighted by Gasteiger charge is 2.46. The van der Waals surface area contributed by atoms with Gasteiger partial charge in [-0.3, -0.25) is 9.59 Å². The number of carboxylic acids is 1. The molecular weight excluding hydrogens is 338 g/mol. The first-order valence-electron chi connectivity index (χ1n) is 9.12. The van der Waals surface area contributed by atoms with Gasteiger partial charge in [0.25, 0.3) is 0 Å². The van der Waals surface area contributed by atoms with E-state index in [9.17, 15) is 14.7 Å². The topological polar surface area (TPSA) is 105 Å². The van der Waals surface area contributed by atoms with E-state index in [4.69, 9.17) is 14.6 Å². The van der Waals surface area contributed by atoms with Crippen LogP contribution in [0, 0.1) is 5.92 Å². The molecule has 1 amide bonds. The number of aliphatic carboxylic acids is 1. The Balaban J connectivity index is 1.52. The van der Waals surface area contributed by atoms with Gasteiger partial charge in [-0.05, 0) is 43.4 Å². The van der Waals surface area contributed by atoms with E-state index < -0.39 is 18.2 Å². The molecule has 1 aliphatic carbocycles. The van der Waals surface area contributed by atoms with Crippen molar-refractivity contribution in [2.75, 3.05) is 11.9 Å². The molecule has 1 saturated heterocycles. The minimum Gasteiger partial charge on any atom is -0.487 e. The monoisotopic (exact) mass is 361 g/mol. The number of carbonyl (C=O) groups excluding carboxylic acids is 1. The van der Waals surface area contributed by atoms with Crippen molar-refractivity contribution in [3.63, 3.8) is 0 Å². The van der Waals surface area contributed by atoms with Crippen LogP contribution in [0.5, 0.6) is 5.75 Å². The van der Waals surface area contributed by atoms with Crippen LogP contribution >= 0.6 is 0 Å². The summed E-state index contributed by atoms with van der Waals surface area (Å²) in [5.41, 5.74) is 1.66. The van der Waals surface area contributed by atoms with Crippen LogP contribution in [0.1, 0.15) is 43.6 Å². The van der Waals surface area contributed by atoms with Gasteiger partial charge >= 0.3 is 5.97 Å². The molecule has 7 nitrogen and oxygen atoms in total. The van der Waals surface area contributed by atoms with Crippen molar-refractivity contribution in [2.24, 2.45) is 5.92 Å². The van der Waals surface area contributed by atoms with Crippen LogP contribution in [0.25, 0.3) is 0 Å². The number of anilines is 1. The second-order valence-corrected chi connectivity index (χ2v) is 7.45. The second-order valence-electron chi connectivity index (χ2n) is 7.45. The van der Waals surface area contributed by atoms with Gasteiger partial charge in [0.15, 0.2) is 0 Å². The molecule has 0 unspecified atom stereocenters. The minimum atomic E-state index is -0.926. The number of benzene rings is 1. The maximum absolute atomic E-state index is 12.1. The summed E-state index contributed by atoms with van der Waals surface area (Å²) in [6.07, 6.45) is 1.86. The molecular formula is C19H23NO6. The minimum absolute atomic E-state index is 0.0203. The van der Waals surface area contributed by atoms with Crippen LogP contribution in [0.2, 0.25) is 0 Å². The molecule has 4 atom stereocenters. The number of carboxylic acid groups (broad SMARTS) is 1. The number of rotatable bonds is 6. The zero-order valence-corrected chi connectivity index (χ0v) is 14.4. The lowest BCUT2D eigenvalue weighted by atomic mass is 9.84. The molecule has 0 radical (unpaired) electrons. The Bertz CT molecular complexity index is 716. The Morgan fingerprint density at radius 3 is 2.73 bits per heavy atom. The molecule has 0 bridgehead atoms. The number of carbonyl (C=O) groups is 2. The average Bonchev–Trinajstić information content (AvgIpc) is 3.33. The van der Waals surface area contributed by atoms with Crippen LogP contribution in [-0.2, 0) is 14.3 Å². The highest BCUT2D eigenvalue weighted by Crippen LogP contribution is 2.47. The molecule has 0 aromatic heterocycles. The van der Waals surface area contributed by atoms with Gasteiger partial charge in [-0.15, -0.1) is 0 Å². The van der Waals surface area contributed by atoms with Gasteiger partial charge in [0.2, 0.25) is 5.91 Å². The number of nitrogens with one attached hydrogen (secondary N) is 1. The predicted molar refractivity (Wildman–Crippen MR) is 92.2 cm³/mol. The van der Waals surface area contributed by atoms with Crippen LogP contribution < -0.4 is 10.1 Å². The van der Waals surface area contributed by atoms with Gasteiger partial charge in [0.05, 0.1) is 19.1 Å². The summed E-state index contributed by atoms with van der Waals surface area (Å²) in [6.45, 7) is -0.226. The number of hydrogen-bond acceptors (Lipinski definition) is 5. The molecule has 7 heteroatoms. The third-order valence-corrected chi connectivity index (χ3v) is 5.36. The first-order valence-corrected chi connectivity index (χ1v) is 9.12. The molecule has 2 aliphatic heterocycles. The maximum Gasteiger partial charge on any atom is 0.305 e. The van der Waals surface area contributed by atoms with E-state index in [-0.39, 0.29) is 31.0 Å². The second kappa shape index (κ2) is 6.89. The van der Waals surface area contributed by atoms with E-state index in [2.05, 4.69) is 5.32 Å². The van der Waals surface area contributed by atoms with Gasteiger partial charge in [0.1, 0.15) is 18.0 Å². The highest BCUT2D eigenvalue weighted by atomic mass is 16.6. The van der Waals surface area contributed by atoms with E-state index in [1.165, 1.54) is 0 Å². The summed E-state index contributed by atoms with van der Waals surface area (Å²) in [6, 6.07) is 5.54. The lowest BCUT2D eigenvalue weighted by Crippen LogP contribution is -2.46. The van der Waals surface area contributed by atoms with Crippen LogP contribution in [0.3, 0.4) is 0 Å². The Kier molecular flexibility index (Phi) is 4.58. The Morgan fingerprint density at radius 1 is 1.23 bits per heavy atom. The third kappa shape index (κ3) is 3.54. The first kappa shape index (κ1) is 17.3. The summed E-state index contributed by atoms with van der Waals surface area (Å²) in [4.78, 5) is 23.1. The van der Waals surface area contributed by atoms with Crippen molar-refractivity contribution in [1.29, 1.82) is 0 Å². The van der Waals surface area contributed by atoms with Crippen LogP contribution in [0.4, 0.5) is 5.69 Å². The van der Waals surface area contributed by atoms with Crippen molar-refractivity contribution in [2.45, 2.75) is 56.3 Å². The molecule has 2 fully saturated rings. The smallest absolute Gasteiger partial charge is 0.305 e. The average molecular weight is 361 g/mol. The number of fused-ring (bicyclic) bond motifs is 3. The molecule has 3 N–H and O–H groups in total. The van der Waals surface area contributed by atoms with E-state index in [1.807, 2.05) is 18.2 Å². The molecule has 1 aromatic carbocycles. The predicted octanol–water partition coefficient (Wildman–Crippen LogP) is 1.89. The maximum atomic E-state index is 12.1. The number of aliphatic hydroxyl groups is 1. The van der Waals surface area contributed by atoms with Crippen LogP contribution in [-0.4, -0.2) is 47.0 Å². The summed E-state index contributed by atoms with van der Waals surface area (Å²) >= 11 is 0. The summed E-state index contributed by atoms with van der Waals surface area (Å²) in [7, 11) is 0. The lowest BCUT2D eigenvalue weighted by molar-refractivity contribution is -0.153. The fraction of sp³-hybridized carbons (Fsp3) is 0.579. The molecule has 140 valence electrons. The molecule has 2 heterocycles. The molecule has 1 aromatic rings. The molecule has 26 heavy (non-hydrogen) atoms. The van der Waals surface area contributed by atoms with Gasteiger partial charge in [-0.25, -0.2) is 0 Å². The fourth-order valence-corrected chi connectivity index (χ4v) is 3.96. The van der Waals surface area contributed by atoms with E-state index in [0.717, 1.165) is 24.1 Å². The molecule has 0 spiro atoms. The first-order chi connectivity index (χ1) is 12.5. The number of amides is 1. The van der Waals surface area contributed by atoms with Crippen molar-refractivity contribution in [1.82, 2.24) is 0 Å².